The Balaban J connectivity index is 2.02. The van der Waals surface area contributed by atoms with Gasteiger partial charge >= 0.3 is 0 Å². The van der Waals surface area contributed by atoms with Crippen LogP contribution in [0.2, 0.25) is 0 Å². The van der Waals surface area contributed by atoms with E-state index in [2.05, 4.69) is 5.32 Å². The third kappa shape index (κ3) is 3.36. The molecule has 1 aromatic rings. The van der Waals surface area contributed by atoms with Gasteiger partial charge in [0.05, 0.1) is 11.2 Å². The van der Waals surface area contributed by atoms with Crippen LogP contribution in [-0.4, -0.2) is 20.9 Å². The Hall–Kier alpha value is -1.44. The average Bonchev–Trinajstić information content (AvgIpc) is 2.29. The van der Waals surface area contributed by atoms with Gasteiger partial charge in [-0.15, -0.1) is 0 Å². The fourth-order valence-corrected chi connectivity index (χ4v) is 2.96. The van der Waals surface area contributed by atoms with E-state index in [-0.39, 0.29) is 11.7 Å². The number of hydrogen-bond donors (Lipinski definition) is 3. The molecule has 1 aliphatic rings. The summed E-state index contributed by atoms with van der Waals surface area (Å²) in [6.07, 6.45) is 2.66. The zero-order valence-corrected chi connectivity index (χ0v) is 11.9. The van der Waals surface area contributed by atoms with Crippen LogP contribution in [0, 0.1) is 5.41 Å². The van der Waals surface area contributed by atoms with E-state index in [1.807, 2.05) is 0 Å². The molecule has 0 aromatic heterocycles. The van der Waals surface area contributed by atoms with E-state index < -0.39 is 15.4 Å². The molecule has 0 unspecified atom stereocenters. The van der Waals surface area contributed by atoms with Crippen LogP contribution in [0.4, 0.5) is 5.69 Å². The van der Waals surface area contributed by atoms with Gasteiger partial charge in [-0.25, -0.2) is 13.6 Å². The maximum Gasteiger partial charge on any atom is 0.231 e. The minimum absolute atomic E-state index is 0.0644. The van der Waals surface area contributed by atoms with Gasteiger partial charge in [-0.2, -0.15) is 0 Å². The van der Waals surface area contributed by atoms with Crippen molar-refractivity contribution in [1.29, 1.82) is 0 Å². The number of sulfonamides is 1. The van der Waals surface area contributed by atoms with E-state index in [9.17, 15) is 13.2 Å². The first-order chi connectivity index (χ1) is 9.35. The molecular formula is C13H19N3O3S. The molecule has 0 aliphatic heterocycles. The summed E-state index contributed by atoms with van der Waals surface area (Å²) in [6.45, 7) is 0.350. The molecule has 0 saturated heterocycles. The molecule has 2 rings (SSSR count). The molecule has 0 spiro atoms. The highest BCUT2D eigenvalue weighted by Gasteiger charge is 2.42. The van der Waals surface area contributed by atoms with E-state index in [0.29, 0.717) is 17.8 Å². The van der Waals surface area contributed by atoms with E-state index in [1.54, 1.807) is 24.3 Å². The predicted octanol–water partition coefficient (Wildman–Crippen LogP) is 0.543. The third-order valence-corrected chi connectivity index (χ3v) is 4.50. The predicted molar refractivity (Wildman–Crippen MR) is 77.2 cm³/mol. The lowest BCUT2D eigenvalue weighted by Crippen LogP contribution is -2.47. The molecule has 1 fully saturated rings. The maximum atomic E-state index is 12.2. The van der Waals surface area contributed by atoms with Gasteiger partial charge in [-0.3, -0.25) is 4.79 Å². The van der Waals surface area contributed by atoms with Crippen molar-refractivity contribution < 1.29 is 13.2 Å². The Morgan fingerprint density at radius 2 is 1.85 bits per heavy atom. The number of nitrogens with one attached hydrogen (secondary N) is 1. The molecule has 6 nitrogen and oxygen atoms in total. The maximum absolute atomic E-state index is 12.2. The molecule has 1 saturated carbocycles. The molecule has 1 aliphatic carbocycles. The summed E-state index contributed by atoms with van der Waals surface area (Å²) in [4.78, 5) is 12.2. The fourth-order valence-electron chi connectivity index (χ4n) is 2.31. The van der Waals surface area contributed by atoms with Gasteiger partial charge in [-0.05, 0) is 30.5 Å². The van der Waals surface area contributed by atoms with Crippen LogP contribution < -0.4 is 16.2 Å². The summed E-state index contributed by atoms with van der Waals surface area (Å²) in [5, 5.41) is 7.80. The number of nitrogens with two attached hydrogens (primary N) is 2. The first-order valence-corrected chi connectivity index (χ1v) is 8.17. The largest absolute Gasteiger partial charge is 0.329 e. The lowest BCUT2D eigenvalue weighted by molar-refractivity contribution is -0.129. The van der Waals surface area contributed by atoms with Crippen LogP contribution in [0.5, 0.6) is 0 Å². The van der Waals surface area contributed by atoms with Crippen LogP contribution in [0.15, 0.2) is 24.3 Å². The molecular weight excluding hydrogens is 278 g/mol. The number of carbonyl (C=O) groups is 1. The Kier molecular flexibility index (Phi) is 4.12. The Labute approximate surface area is 118 Å². The topological polar surface area (TPSA) is 115 Å². The molecule has 20 heavy (non-hydrogen) atoms. The summed E-state index contributed by atoms with van der Waals surface area (Å²) in [5.41, 5.74) is 6.46. The summed E-state index contributed by atoms with van der Waals surface area (Å²) in [5.74, 6) is -0.279. The Bertz CT molecular complexity index is 586. The molecule has 7 heteroatoms. The second-order valence-corrected chi connectivity index (χ2v) is 6.91. The highest BCUT2D eigenvalue weighted by atomic mass is 32.2. The second kappa shape index (κ2) is 5.51. The highest BCUT2D eigenvalue weighted by Crippen LogP contribution is 2.40. The molecule has 0 atom stereocenters. The summed E-state index contributed by atoms with van der Waals surface area (Å²) in [7, 11) is -3.54. The minimum Gasteiger partial charge on any atom is -0.329 e. The zero-order chi connectivity index (χ0) is 14.8. The summed E-state index contributed by atoms with van der Waals surface area (Å²) in [6, 6.07) is 6.61. The molecule has 5 N–H and O–H groups in total. The van der Waals surface area contributed by atoms with Crippen molar-refractivity contribution in [2.24, 2.45) is 16.3 Å². The number of hydrogen-bond acceptors (Lipinski definition) is 4. The van der Waals surface area contributed by atoms with Crippen molar-refractivity contribution in [3.05, 3.63) is 29.8 Å². The van der Waals surface area contributed by atoms with Gasteiger partial charge < -0.3 is 11.1 Å². The lowest BCUT2D eigenvalue weighted by Gasteiger charge is -2.39. The number of amides is 1. The number of benzene rings is 1. The average molecular weight is 297 g/mol. The van der Waals surface area contributed by atoms with Crippen LogP contribution in [0.25, 0.3) is 0 Å². The Morgan fingerprint density at radius 1 is 1.25 bits per heavy atom. The smallest absolute Gasteiger partial charge is 0.231 e. The molecule has 1 amide bonds. The van der Waals surface area contributed by atoms with Gasteiger partial charge in [0, 0.05) is 12.2 Å². The molecule has 1 aromatic carbocycles. The number of rotatable bonds is 5. The van der Waals surface area contributed by atoms with Crippen molar-refractivity contribution in [3.8, 4) is 0 Å². The zero-order valence-electron chi connectivity index (χ0n) is 11.1. The van der Waals surface area contributed by atoms with E-state index >= 15 is 0 Å². The van der Waals surface area contributed by atoms with Gasteiger partial charge in [-0.1, -0.05) is 18.6 Å². The van der Waals surface area contributed by atoms with Gasteiger partial charge in [0.2, 0.25) is 15.9 Å². The quantitative estimate of drug-likeness (QED) is 0.735. The monoisotopic (exact) mass is 297 g/mol. The SMILES string of the molecule is NCC1(C(=O)Nc2ccc(CS(N)(=O)=O)cc2)CCC1. The molecule has 110 valence electrons. The highest BCUT2D eigenvalue weighted by molar-refractivity contribution is 7.88. The van der Waals surface area contributed by atoms with Gasteiger partial charge in [0.25, 0.3) is 0 Å². The van der Waals surface area contributed by atoms with Crippen molar-refractivity contribution in [2.45, 2.75) is 25.0 Å². The summed E-state index contributed by atoms with van der Waals surface area (Å²) >= 11 is 0. The van der Waals surface area contributed by atoms with Crippen molar-refractivity contribution in [3.63, 3.8) is 0 Å². The van der Waals surface area contributed by atoms with Crippen LogP contribution in [0.3, 0.4) is 0 Å². The normalized spacial score (nSPS) is 17.3. The fraction of sp³-hybridized carbons (Fsp3) is 0.462. The third-order valence-electron chi connectivity index (χ3n) is 3.76. The van der Waals surface area contributed by atoms with Crippen molar-refractivity contribution in [1.82, 2.24) is 0 Å². The van der Waals surface area contributed by atoms with Gasteiger partial charge in [0.1, 0.15) is 0 Å². The van der Waals surface area contributed by atoms with E-state index in [1.165, 1.54) is 0 Å². The minimum atomic E-state index is -3.54. The van der Waals surface area contributed by atoms with Crippen LogP contribution in [-0.2, 0) is 20.6 Å². The van der Waals surface area contributed by atoms with Crippen molar-refractivity contribution in [2.75, 3.05) is 11.9 Å². The van der Waals surface area contributed by atoms with E-state index in [4.69, 9.17) is 10.9 Å². The second-order valence-electron chi connectivity index (χ2n) is 5.30. The number of primary sulfonamides is 1. The summed E-state index contributed by atoms with van der Waals surface area (Å²) < 4.78 is 21.9. The van der Waals surface area contributed by atoms with Crippen molar-refractivity contribution >= 4 is 21.6 Å². The number of anilines is 1. The van der Waals surface area contributed by atoms with Crippen LogP contribution >= 0.6 is 0 Å². The van der Waals surface area contributed by atoms with E-state index in [0.717, 1.165) is 19.3 Å². The molecule has 0 bridgehead atoms. The van der Waals surface area contributed by atoms with Crippen LogP contribution in [0.1, 0.15) is 24.8 Å². The Morgan fingerprint density at radius 3 is 2.25 bits per heavy atom. The first-order valence-electron chi connectivity index (χ1n) is 6.46. The number of carbonyl (C=O) groups excluding carboxylic acids is 1. The first kappa shape index (κ1) is 15.0. The standard InChI is InChI=1S/C13H19N3O3S/c14-9-13(6-1-7-13)12(17)16-11-4-2-10(3-5-11)8-20(15,18)19/h2-5H,1,6-9,14H2,(H,16,17)(H2,15,18,19). The van der Waals surface area contributed by atoms with Gasteiger partial charge in [0.15, 0.2) is 0 Å². The lowest BCUT2D eigenvalue weighted by atomic mass is 9.68. The molecule has 0 heterocycles. The molecule has 0 radical (unpaired) electrons.